The van der Waals surface area contributed by atoms with Crippen molar-refractivity contribution in [3.8, 4) is 61.7 Å². The topological polar surface area (TPSA) is 166 Å². The lowest BCUT2D eigenvalue weighted by molar-refractivity contribution is -0.384. The van der Waals surface area contributed by atoms with Gasteiger partial charge in [0.25, 0.3) is 5.69 Å². The third-order valence-corrected chi connectivity index (χ3v) is 11.2. The van der Waals surface area contributed by atoms with Gasteiger partial charge < -0.3 is 0 Å². The molecule has 0 bridgehead atoms. The second-order valence-electron chi connectivity index (χ2n) is 15.1. The number of benzene rings is 5. The minimum atomic E-state index is -3.12. The molecule has 0 spiro atoms. The van der Waals surface area contributed by atoms with Gasteiger partial charge in [-0.1, -0.05) is 142 Å². The summed E-state index contributed by atoms with van der Waals surface area (Å²) >= 11 is 0. The van der Waals surface area contributed by atoms with Gasteiger partial charge >= 0.3 is 0 Å². The highest BCUT2D eigenvalue weighted by Crippen LogP contribution is 2.24. The number of nitrogens with zero attached hydrogens (tertiary/aromatic N) is 7. The van der Waals surface area contributed by atoms with Gasteiger partial charge in [-0.2, -0.15) is 5.26 Å². The van der Waals surface area contributed by atoms with Gasteiger partial charge in [0, 0.05) is 85.9 Å². The van der Waals surface area contributed by atoms with Crippen molar-refractivity contribution in [2.24, 2.45) is 0 Å². The summed E-state index contributed by atoms with van der Waals surface area (Å²) in [5.41, 5.74) is 10.1. The van der Waals surface area contributed by atoms with Gasteiger partial charge in [0.15, 0.2) is 21.5 Å². The zero-order chi connectivity index (χ0) is 61.1. The van der Waals surface area contributed by atoms with Crippen molar-refractivity contribution in [1.29, 1.82) is 5.26 Å². The zero-order valence-electron chi connectivity index (χ0n) is 48.3. The lowest BCUT2D eigenvalue weighted by atomic mass is 10.1. The number of halogens is 3. The van der Waals surface area contributed by atoms with Crippen LogP contribution in [0.4, 0.5) is 18.9 Å². The Balaban J connectivity index is 0.000000493. The molecule has 0 amide bonds. The van der Waals surface area contributed by atoms with Crippen molar-refractivity contribution < 1.29 is 26.5 Å². The number of rotatable bonds is 7. The molecule has 0 fully saturated rings. The molecule has 0 radical (unpaired) electrons. The largest absolute Gasteiger partial charge is 0.269 e. The molecule has 0 aliphatic rings. The fourth-order valence-corrected chi connectivity index (χ4v) is 7.02. The van der Waals surface area contributed by atoms with Crippen LogP contribution in [-0.4, -0.2) is 44.5 Å². The summed E-state index contributed by atoms with van der Waals surface area (Å²) in [5, 5.41) is 19.1. The average molecular weight is 1130 g/mol. The Hall–Kier alpha value is -9.52. The van der Waals surface area contributed by atoms with Crippen LogP contribution in [0.5, 0.6) is 0 Å². The van der Waals surface area contributed by atoms with E-state index in [4.69, 9.17) is 5.26 Å². The minimum Gasteiger partial charge on any atom is -0.264 e. The number of pyridine rings is 5. The normalized spacial score (nSPS) is 9.28. The third kappa shape index (κ3) is 25.5. The summed E-state index contributed by atoms with van der Waals surface area (Å²) in [6, 6.07) is 51.7. The van der Waals surface area contributed by atoms with Gasteiger partial charge in [-0.3, -0.25) is 35.0 Å². The zero-order valence-corrected chi connectivity index (χ0v) is 49.1. The average Bonchev–Trinajstić information content (AvgIpc) is 3.60. The van der Waals surface area contributed by atoms with Gasteiger partial charge in [-0.05, 0) is 141 Å². The van der Waals surface area contributed by atoms with Crippen molar-refractivity contribution in [3.63, 3.8) is 0 Å². The molecule has 0 saturated carbocycles. The van der Waals surface area contributed by atoms with Crippen LogP contribution in [0.15, 0.2) is 243 Å². The highest BCUT2D eigenvalue weighted by molar-refractivity contribution is 7.90. The van der Waals surface area contributed by atoms with E-state index in [0.717, 1.165) is 62.2 Å². The predicted octanol–water partition coefficient (Wildman–Crippen LogP) is 18.5. The van der Waals surface area contributed by atoms with E-state index < -0.39 is 26.4 Å². The van der Waals surface area contributed by atoms with E-state index in [-0.39, 0.29) is 11.5 Å². The Bertz CT molecular complexity index is 3400. The molecule has 5 aromatic heterocycles. The molecule has 0 atom stereocenters. The first kappa shape index (κ1) is 70.5. The van der Waals surface area contributed by atoms with Crippen molar-refractivity contribution in [1.82, 2.24) is 24.9 Å². The maximum absolute atomic E-state index is 12.9. The van der Waals surface area contributed by atoms with Crippen molar-refractivity contribution in [3.05, 3.63) is 271 Å². The number of aromatic nitrogens is 5. The van der Waals surface area contributed by atoms with Crippen molar-refractivity contribution in [2.45, 2.75) is 74.1 Å². The number of non-ortho nitro benzene ring substituents is 1. The van der Waals surface area contributed by atoms with Crippen LogP contribution in [0.1, 0.15) is 74.8 Å². The van der Waals surface area contributed by atoms with Crippen LogP contribution >= 0.6 is 0 Å². The van der Waals surface area contributed by atoms with Crippen LogP contribution in [0.2, 0.25) is 0 Å². The van der Waals surface area contributed by atoms with Crippen LogP contribution in [-0.2, 0) is 9.84 Å². The van der Waals surface area contributed by atoms with Crippen molar-refractivity contribution >= 4 is 15.5 Å². The molecule has 0 unspecified atom stereocenters. The quantitative estimate of drug-likeness (QED) is 0.111. The molecule has 5 aromatic carbocycles. The highest BCUT2D eigenvalue weighted by atomic mass is 32.2. The summed E-state index contributed by atoms with van der Waals surface area (Å²) in [5.74, 6) is -1.89. The van der Waals surface area contributed by atoms with E-state index in [0.29, 0.717) is 16.0 Å². The molecule has 0 N–H and O–H groups in total. The monoisotopic (exact) mass is 1130 g/mol. The minimum absolute atomic E-state index is 0.0997. The number of nitro benzene ring substituents is 1. The molecular weight excluding hydrogens is 1060 g/mol. The summed E-state index contributed by atoms with van der Waals surface area (Å²) in [4.78, 5) is 30.3. The van der Waals surface area contributed by atoms with E-state index >= 15 is 0 Å². The summed E-state index contributed by atoms with van der Waals surface area (Å²) in [6.45, 7) is 20.0. The molecule has 0 aliphatic heterocycles. The Kier molecular flexibility index (Phi) is 35.7. The smallest absolute Gasteiger partial charge is 0.264 e. The van der Waals surface area contributed by atoms with Gasteiger partial charge in [0.2, 0.25) is 0 Å². The van der Waals surface area contributed by atoms with E-state index in [9.17, 15) is 31.7 Å². The van der Waals surface area contributed by atoms with E-state index in [2.05, 4.69) is 31.0 Å². The Labute approximate surface area is 483 Å². The molecule has 11 nitrogen and oxygen atoms in total. The fraction of sp³-hybridized carbons (Fsp3) is 0.164. The molecule has 82 heavy (non-hydrogen) atoms. The maximum atomic E-state index is 12.9. The lowest BCUT2D eigenvalue weighted by Gasteiger charge is -2.02. The molecule has 5 heterocycles. The first-order chi connectivity index (χ1) is 39.9. The van der Waals surface area contributed by atoms with E-state index in [1.165, 1.54) is 36.6 Å². The Morgan fingerprint density at radius 2 is 0.695 bits per heavy atom. The number of hydrogen-bond donors (Lipinski definition) is 0. The summed E-state index contributed by atoms with van der Waals surface area (Å²) < 4.78 is 60.6. The first-order valence-corrected chi connectivity index (χ1v) is 28.5. The second-order valence-corrected chi connectivity index (χ2v) is 17.1. The molecule has 10 rings (SSSR count). The van der Waals surface area contributed by atoms with E-state index in [1.807, 2.05) is 142 Å². The molecule has 0 aliphatic carbocycles. The molecule has 15 heteroatoms. The number of sulfone groups is 1. The SMILES string of the molecule is CC.CC.CC.CC.CC.CS(=O)(=O)c1ccc(-c2cccnc2)cc1.Fc1ccc(-c2cccnc2)cc1.Fc1ccc(-c2cccnc2)cc1F.N#Cc1ccc(-c2cccnc2)cc1.O=[N+]([O-])c1ccc(-c2cccnc2)cc1. The molecule has 426 valence electrons. The van der Waals surface area contributed by atoms with Crippen LogP contribution in [0, 0.1) is 38.9 Å². The van der Waals surface area contributed by atoms with Crippen LogP contribution in [0.25, 0.3) is 55.6 Å². The molecule has 0 saturated heterocycles. The van der Waals surface area contributed by atoms with Crippen molar-refractivity contribution in [2.75, 3.05) is 6.26 Å². The third-order valence-electron chi connectivity index (χ3n) is 10.1. The predicted molar refractivity (Wildman–Crippen MR) is 329 cm³/mol. The van der Waals surface area contributed by atoms with Gasteiger partial charge in [-0.25, -0.2) is 21.6 Å². The van der Waals surface area contributed by atoms with Gasteiger partial charge in [0.05, 0.1) is 21.5 Å². The first-order valence-electron chi connectivity index (χ1n) is 26.7. The Morgan fingerprint density at radius 3 is 0.976 bits per heavy atom. The van der Waals surface area contributed by atoms with Gasteiger partial charge in [0.1, 0.15) is 5.82 Å². The number of nitro groups is 1. The summed E-state index contributed by atoms with van der Waals surface area (Å²) in [7, 11) is -3.12. The van der Waals surface area contributed by atoms with Crippen LogP contribution in [0.3, 0.4) is 0 Å². The Morgan fingerprint density at radius 1 is 0.402 bits per heavy atom. The van der Waals surface area contributed by atoms with Gasteiger partial charge in [-0.15, -0.1) is 0 Å². The second kappa shape index (κ2) is 41.5. The molecular formula is C67H72F3N7O4S. The number of hydrogen-bond acceptors (Lipinski definition) is 10. The highest BCUT2D eigenvalue weighted by Gasteiger charge is 2.08. The van der Waals surface area contributed by atoms with Crippen LogP contribution < -0.4 is 0 Å². The number of nitriles is 1. The summed E-state index contributed by atoms with van der Waals surface area (Å²) in [6.07, 6.45) is 18.3. The molecule has 10 aromatic rings. The standard InChI is InChI=1S/C12H8N2.C12H11NO2S.C11H7F2N.C11H8FN.C11H8N2O2.5C2H6/c13-8-10-3-5-11(6-4-10)12-2-1-7-14-9-12;1-16(14,15)12-6-4-10(5-7-12)11-3-2-8-13-9-11;12-10-4-3-8(6-11(10)13)9-2-1-5-14-7-9;12-11-5-3-9(4-6-11)10-2-1-7-13-8-10;14-13(15)11-5-3-9(4-6-11)10-2-1-7-12-8-10;5*1-2/h1-7,9H;2-9H,1H3;1-7H;1-8H;1-8H;5*1-2H3. The lowest BCUT2D eigenvalue weighted by Crippen LogP contribution is -1.96. The maximum Gasteiger partial charge on any atom is 0.269 e. The van der Waals surface area contributed by atoms with E-state index in [1.54, 1.807) is 123 Å². The fourth-order valence-electron chi connectivity index (χ4n) is 6.39.